The molecule has 0 amide bonds. The lowest BCUT2D eigenvalue weighted by Gasteiger charge is -2.09. The average molecular weight is 305 g/mol. The maximum atomic E-state index is 11.2. The molecule has 0 aliphatic heterocycles. The van der Waals surface area contributed by atoms with Crippen molar-refractivity contribution in [3.63, 3.8) is 0 Å². The van der Waals surface area contributed by atoms with Crippen LogP contribution in [0.25, 0.3) is 0 Å². The van der Waals surface area contributed by atoms with Crippen LogP contribution in [0.2, 0.25) is 5.02 Å². The van der Waals surface area contributed by atoms with Crippen LogP contribution < -0.4 is 5.32 Å². The van der Waals surface area contributed by atoms with Crippen LogP contribution in [0.1, 0.15) is 35.0 Å². The molecule has 0 saturated heterocycles. The number of carbonyl (C=O) groups is 1. The molecule has 1 aromatic heterocycles. The third-order valence-electron chi connectivity index (χ3n) is 3.02. The van der Waals surface area contributed by atoms with Gasteiger partial charge < -0.3 is 10.4 Å². The van der Waals surface area contributed by atoms with Crippen molar-refractivity contribution in [2.45, 2.75) is 26.3 Å². The normalized spacial score (nSPS) is 10.4. The lowest BCUT2D eigenvalue weighted by atomic mass is 10.1. The highest BCUT2D eigenvalue weighted by atomic mass is 35.5. The number of aryl methyl sites for hydroxylation is 1. The topological polar surface area (TPSA) is 62.2 Å². The summed E-state index contributed by atoms with van der Waals surface area (Å²) in [6.45, 7) is 2.61. The Balaban J connectivity index is 2.14. The molecule has 0 atom stereocenters. The lowest BCUT2D eigenvalue weighted by molar-refractivity contribution is 0.0696. The summed E-state index contributed by atoms with van der Waals surface area (Å²) in [5.74, 6) is -0.363. The van der Waals surface area contributed by atoms with Gasteiger partial charge >= 0.3 is 5.97 Å². The molecule has 0 aliphatic carbocycles. The minimum atomic E-state index is -0.940. The van der Waals surface area contributed by atoms with E-state index in [0.717, 1.165) is 24.1 Å². The molecular weight excluding hydrogens is 288 g/mol. The summed E-state index contributed by atoms with van der Waals surface area (Å²) in [4.78, 5) is 15.6. The molecule has 0 saturated carbocycles. The molecule has 1 aromatic carbocycles. The van der Waals surface area contributed by atoms with Gasteiger partial charge in [0.15, 0.2) is 0 Å². The molecule has 4 nitrogen and oxygen atoms in total. The summed E-state index contributed by atoms with van der Waals surface area (Å²) in [5.41, 5.74) is 2.10. The highest BCUT2D eigenvalue weighted by Gasteiger charge is 2.08. The number of rotatable bonds is 6. The van der Waals surface area contributed by atoms with Crippen molar-refractivity contribution in [3.8, 4) is 0 Å². The molecule has 0 unspecified atom stereocenters. The molecule has 2 aromatic rings. The Kier molecular flexibility index (Phi) is 5.17. The van der Waals surface area contributed by atoms with Crippen LogP contribution >= 0.6 is 11.6 Å². The van der Waals surface area contributed by atoms with Gasteiger partial charge in [0.25, 0.3) is 0 Å². The molecule has 0 radical (unpaired) electrons. The zero-order valence-electron chi connectivity index (χ0n) is 11.8. The van der Waals surface area contributed by atoms with Crippen molar-refractivity contribution in [2.24, 2.45) is 0 Å². The average Bonchev–Trinajstić information content (AvgIpc) is 2.47. The first kappa shape index (κ1) is 15.3. The zero-order valence-corrected chi connectivity index (χ0v) is 12.5. The molecule has 0 spiro atoms. The largest absolute Gasteiger partial charge is 0.478 e. The van der Waals surface area contributed by atoms with Crippen molar-refractivity contribution in [2.75, 3.05) is 5.32 Å². The first-order valence-corrected chi connectivity index (χ1v) is 7.19. The van der Waals surface area contributed by atoms with E-state index in [1.165, 1.54) is 0 Å². The van der Waals surface area contributed by atoms with Crippen LogP contribution in [0.3, 0.4) is 0 Å². The summed E-state index contributed by atoms with van der Waals surface area (Å²) < 4.78 is 0. The Hall–Kier alpha value is -2.07. The fraction of sp³-hybridized carbons (Fsp3) is 0.250. The number of carboxylic acids is 1. The summed E-state index contributed by atoms with van der Waals surface area (Å²) in [6.07, 6.45) is 1.68. The maximum Gasteiger partial charge on any atom is 0.335 e. The van der Waals surface area contributed by atoms with E-state index >= 15 is 0 Å². The fourth-order valence-electron chi connectivity index (χ4n) is 1.98. The van der Waals surface area contributed by atoms with Gasteiger partial charge in [-0.1, -0.05) is 37.1 Å². The van der Waals surface area contributed by atoms with Crippen molar-refractivity contribution < 1.29 is 9.90 Å². The van der Waals surface area contributed by atoms with Gasteiger partial charge in [-0.15, -0.1) is 0 Å². The summed E-state index contributed by atoms with van der Waals surface area (Å²) in [5, 5.41) is 13.0. The number of nitrogens with zero attached hydrogens (tertiary/aromatic N) is 1. The molecule has 2 N–H and O–H groups in total. The van der Waals surface area contributed by atoms with Gasteiger partial charge in [0.05, 0.1) is 5.56 Å². The number of carboxylic acid groups (broad SMARTS) is 1. The zero-order chi connectivity index (χ0) is 15.2. The summed E-state index contributed by atoms with van der Waals surface area (Å²) in [7, 11) is 0. The third-order valence-corrected chi connectivity index (χ3v) is 3.27. The molecule has 21 heavy (non-hydrogen) atoms. The van der Waals surface area contributed by atoms with Gasteiger partial charge in [-0.25, -0.2) is 9.78 Å². The Morgan fingerprint density at radius 1 is 1.29 bits per heavy atom. The first-order chi connectivity index (χ1) is 10.1. The van der Waals surface area contributed by atoms with E-state index in [1.807, 2.05) is 31.2 Å². The highest BCUT2D eigenvalue weighted by Crippen LogP contribution is 2.15. The maximum absolute atomic E-state index is 11.2. The molecule has 0 aliphatic rings. The fourth-order valence-corrected chi connectivity index (χ4v) is 2.11. The second-order valence-corrected chi connectivity index (χ2v) is 5.20. The van der Waals surface area contributed by atoms with Gasteiger partial charge in [0, 0.05) is 17.3 Å². The van der Waals surface area contributed by atoms with Crippen LogP contribution in [0.5, 0.6) is 0 Å². The summed E-state index contributed by atoms with van der Waals surface area (Å²) in [6, 6.07) is 10.7. The minimum Gasteiger partial charge on any atom is -0.478 e. The third kappa shape index (κ3) is 4.46. The smallest absolute Gasteiger partial charge is 0.335 e. The van der Waals surface area contributed by atoms with E-state index in [9.17, 15) is 4.79 Å². The number of hydrogen-bond acceptors (Lipinski definition) is 3. The van der Waals surface area contributed by atoms with Gasteiger partial charge in [0.1, 0.15) is 5.82 Å². The number of aromatic carboxylic acids is 1. The Morgan fingerprint density at radius 3 is 2.62 bits per heavy atom. The van der Waals surface area contributed by atoms with Crippen LogP contribution in [0, 0.1) is 0 Å². The second-order valence-electron chi connectivity index (χ2n) is 4.77. The predicted molar refractivity (Wildman–Crippen MR) is 84.0 cm³/mol. The molecule has 0 bridgehead atoms. The van der Waals surface area contributed by atoms with Crippen LogP contribution in [-0.2, 0) is 13.0 Å². The first-order valence-electron chi connectivity index (χ1n) is 6.81. The van der Waals surface area contributed by atoms with Crippen LogP contribution in [0.4, 0.5) is 5.82 Å². The molecule has 5 heteroatoms. The number of benzene rings is 1. The second kappa shape index (κ2) is 7.09. The number of halogens is 1. The van der Waals surface area contributed by atoms with Crippen molar-refractivity contribution in [3.05, 3.63) is 58.2 Å². The van der Waals surface area contributed by atoms with Gasteiger partial charge in [0.2, 0.25) is 0 Å². The molecular formula is C16H17ClN2O2. The number of nitrogens with one attached hydrogen (secondary N) is 1. The van der Waals surface area contributed by atoms with Gasteiger partial charge in [-0.05, 0) is 36.2 Å². The quantitative estimate of drug-likeness (QED) is 0.847. The summed E-state index contributed by atoms with van der Waals surface area (Å²) >= 11 is 5.84. The SMILES string of the molecule is CCCc1cc(C(=O)O)cc(NCc2ccc(Cl)cc2)n1. The van der Waals surface area contributed by atoms with Crippen LogP contribution in [-0.4, -0.2) is 16.1 Å². The molecule has 0 fully saturated rings. The number of anilines is 1. The highest BCUT2D eigenvalue weighted by molar-refractivity contribution is 6.30. The van der Waals surface area contributed by atoms with Gasteiger partial charge in [-0.2, -0.15) is 0 Å². The van der Waals surface area contributed by atoms with Crippen molar-refractivity contribution in [1.29, 1.82) is 0 Å². The Labute approximate surface area is 128 Å². The van der Waals surface area contributed by atoms with E-state index < -0.39 is 5.97 Å². The van der Waals surface area contributed by atoms with Gasteiger partial charge in [-0.3, -0.25) is 0 Å². The predicted octanol–water partition coefficient (Wildman–Crippen LogP) is 4.00. The van der Waals surface area contributed by atoms with E-state index in [4.69, 9.17) is 16.7 Å². The number of pyridine rings is 1. The van der Waals surface area contributed by atoms with E-state index in [1.54, 1.807) is 12.1 Å². The standard InChI is InChI=1S/C16H17ClN2O2/c1-2-3-14-8-12(16(20)21)9-15(19-14)18-10-11-4-6-13(17)7-5-11/h4-9H,2-3,10H2,1H3,(H,18,19)(H,20,21). The van der Waals surface area contributed by atoms with Crippen LogP contribution in [0.15, 0.2) is 36.4 Å². The Morgan fingerprint density at radius 2 is 2.00 bits per heavy atom. The minimum absolute atomic E-state index is 0.257. The van der Waals surface area contributed by atoms with E-state index in [2.05, 4.69) is 10.3 Å². The van der Waals surface area contributed by atoms with E-state index in [0.29, 0.717) is 17.4 Å². The van der Waals surface area contributed by atoms with Crippen molar-refractivity contribution >= 4 is 23.4 Å². The Bertz CT molecular complexity index is 627. The molecule has 110 valence electrons. The monoisotopic (exact) mass is 304 g/mol. The van der Waals surface area contributed by atoms with E-state index in [-0.39, 0.29) is 5.56 Å². The molecule has 2 rings (SSSR count). The van der Waals surface area contributed by atoms with Crippen molar-refractivity contribution in [1.82, 2.24) is 4.98 Å². The number of hydrogen-bond donors (Lipinski definition) is 2. The molecule has 1 heterocycles. The lowest BCUT2D eigenvalue weighted by Crippen LogP contribution is -2.06. The number of aromatic nitrogens is 1.